The molecule has 1 aromatic rings. The summed E-state index contributed by atoms with van der Waals surface area (Å²) in [5, 5.41) is 8.82. The number of amides is 1. The van der Waals surface area contributed by atoms with Gasteiger partial charge in [-0.15, -0.1) is 0 Å². The third kappa shape index (κ3) is 4.76. The van der Waals surface area contributed by atoms with Crippen LogP contribution in [0.2, 0.25) is 0 Å². The number of piperidine rings is 1. The number of carbonyl (C=O) groups excluding carboxylic acids is 1. The van der Waals surface area contributed by atoms with Crippen LogP contribution in [-0.2, 0) is 9.59 Å². The fraction of sp³-hybridized carbons (Fsp3) is 0.529. The van der Waals surface area contributed by atoms with Gasteiger partial charge in [0.25, 0.3) is 5.91 Å². The molecule has 1 saturated heterocycles. The van der Waals surface area contributed by atoms with E-state index in [4.69, 9.17) is 9.84 Å². The lowest BCUT2D eigenvalue weighted by molar-refractivity contribution is -0.141. The van der Waals surface area contributed by atoms with E-state index in [-0.39, 0.29) is 25.0 Å². The van der Waals surface area contributed by atoms with Crippen LogP contribution in [0, 0.1) is 6.92 Å². The Balaban J connectivity index is 1.88. The largest absolute Gasteiger partial charge is 0.484 e. The third-order valence-electron chi connectivity index (χ3n) is 4.02. The van der Waals surface area contributed by atoms with Gasteiger partial charge in [0.05, 0.1) is 0 Å². The summed E-state index contributed by atoms with van der Waals surface area (Å²) in [5.74, 6) is -0.192. The highest BCUT2D eigenvalue weighted by Gasteiger charge is 2.27. The molecule has 0 saturated carbocycles. The number of aliphatic carboxylic acids is 1. The molecular weight excluding hydrogens is 282 g/mol. The van der Waals surface area contributed by atoms with Gasteiger partial charge in [-0.3, -0.25) is 9.59 Å². The first-order valence-corrected chi connectivity index (χ1v) is 7.77. The fourth-order valence-corrected chi connectivity index (χ4v) is 2.78. The molecule has 0 aromatic heterocycles. The first-order valence-electron chi connectivity index (χ1n) is 7.77. The van der Waals surface area contributed by atoms with Crippen LogP contribution in [-0.4, -0.2) is 41.1 Å². The maximum Gasteiger partial charge on any atom is 0.303 e. The van der Waals surface area contributed by atoms with Crippen LogP contribution in [0.15, 0.2) is 24.3 Å². The highest BCUT2D eigenvalue weighted by molar-refractivity contribution is 5.78. The van der Waals surface area contributed by atoms with Crippen molar-refractivity contribution in [1.29, 1.82) is 0 Å². The minimum atomic E-state index is -0.811. The second-order valence-corrected chi connectivity index (χ2v) is 5.77. The van der Waals surface area contributed by atoms with Gasteiger partial charge in [-0.2, -0.15) is 0 Å². The predicted molar refractivity (Wildman–Crippen MR) is 82.9 cm³/mol. The number of carboxylic acid groups (broad SMARTS) is 1. The van der Waals surface area contributed by atoms with Crippen molar-refractivity contribution in [2.75, 3.05) is 13.2 Å². The molecule has 0 unspecified atom stereocenters. The zero-order valence-corrected chi connectivity index (χ0v) is 13.0. The predicted octanol–water partition coefficient (Wildman–Crippen LogP) is 2.62. The van der Waals surface area contributed by atoms with Crippen molar-refractivity contribution in [3.63, 3.8) is 0 Å². The average Bonchev–Trinajstić information content (AvgIpc) is 2.52. The van der Waals surface area contributed by atoms with E-state index in [1.54, 1.807) is 4.90 Å². The highest BCUT2D eigenvalue weighted by Crippen LogP contribution is 2.21. The molecule has 1 atom stereocenters. The minimum Gasteiger partial charge on any atom is -0.484 e. The minimum absolute atomic E-state index is 0.00658. The van der Waals surface area contributed by atoms with Crippen molar-refractivity contribution >= 4 is 11.9 Å². The van der Waals surface area contributed by atoms with E-state index in [1.807, 2.05) is 31.2 Å². The highest BCUT2D eigenvalue weighted by atomic mass is 16.5. The number of hydrogen-bond donors (Lipinski definition) is 1. The summed E-state index contributed by atoms with van der Waals surface area (Å²) < 4.78 is 5.54. The molecule has 22 heavy (non-hydrogen) atoms. The van der Waals surface area contributed by atoms with Gasteiger partial charge in [0.2, 0.25) is 0 Å². The van der Waals surface area contributed by atoms with Crippen molar-refractivity contribution in [3.05, 3.63) is 29.8 Å². The van der Waals surface area contributed by atoms with E-state index >= 15 is 0 Å². The molecule has 0 spiro atoms. The Kier molecular flexibility index (Phi) is 5.81. The van der Waals surface area contributed by atoms with Gasteiger partial charge in [0, 0.05) is 19.0 Å². The van der Waals surface area contributed by atoms with E-state index in [1.165, 1.54) is 0 Å². The van der Waals surface area contributed by atoms with Crippen LogP contribution >= 0.6 is 0 Å². The lowest BCUT2D eigenvalue weighted by atomic mass is 9.98. The normalized spacial score (nSPS) is 18.0. The molecule has 0 radical (unpaired) electrons. The molecule has 1 fully saturated rings. The van der Waals surface area contributed by atoms with Crippen molar-refractivity contribution in [3.8, 4) is 5.75 Å². The Morgan fingerprint density at radius 3 is 2.68 bits per heavy atom. The number of aryl methyl sites for hydroxylation is 1. The Hall–Kier alpha value is -2.04. The quantitative estimate of drug-likeness (QED) is 0.877. The van der Waals surface area contributed by atoms with Crippen molar-refractivity contribution < 1.29 is 19.4 Å². The Bertz CT molecular complexity index is 512. The molecule has 1 aromatic carbocycles. The van der Waals surface area contributed by atoms with Gasteiger partial charge in [0.15, 0.2) is 6.61 Å². The maximum atomic E-state index is 12.3. The number of carboxylic acids is 1. The number of hydrogen-bond acceptors (Lipinski definition) is 3. The average molecular weight is 305 g/mol. The number of nitrogens with zero attached hydrogens (tertiary/aromatic N) is 1. The molecule has 1 aliphatic heterocycles. The summed E-state index contributed by atoms with van der Waals surface area (Å²) in [6.07, 6.45) is 3.52. The lowest BCUT2D eigenvalue weighted by Gasteiger charge is -2.35. The number of rotatable bonds is 6. The first kappa shape index (κ1) is 16.3. The molecule has 1 amide bonds. The molecule has 120 valence electrons. The van der Waals surface area contributed by atoms with Gasteiger partial charge < -0.3 is 14.7 Å². The molecule has 1 heterocycles. The topological polar surface area (TPSA) is 66.8 Å². The van der Waals surface area contributed by atoms with Gasteiger partial charge >= 0.3 is 5.97 Å². The second-order valence-electron chi connectivity index (χ2n) is 5.77. The van der Waals surface area contributed by atoms with Crippen LogP contribution < -0.4 is 4.74 Å². The monoisotopic (exact) mass is 305 g/mol. The fourth-order valence-electron chi connectivity index (χ4n) is 2.78. The van der Waals surface area contributed by atoms with E-state index in [0.717, 1.165) is 24.8 Å². The van der Waals surface area contributed by atoms with Crippen LogP contribution in [0.4, 0.5) is 0 Å². The molecular formula is C17H23NO4. The number of carbonyl (C=O) groups is 2. The number of benzene rings is 1. The van der Waals surface area contributed by atoms with Crippen molar-refractivity contribution in [1.82, 2.24) is 4.90 Å². The van der Waals surface area contributed by atoms with Crippen LogP contribution in [0.3, 0.4) is 0 Å². The number of ether oxygens (including phenoxy) is 1. The van der Waals surface area contributed by atoms with Crippen LogP contribution in [0.5, 0.6) is 5.75 Å². The lowest BCUT2D eigenvalue weighted by Crippen LogP contribution is -2.46. The van der Waals surface area contributed by atoms with Crippen LogP contribution in [0.1, 0.15) is 37.7 Å². The van der Waals surface area contributed by atoms with Gasteiger partial charge in [-0.1, -0.05) is 17.7 Å². The summed E-state index contributed by atoms with van der Waals surface area (Å²) in [6.45, 7) is 2.70. The Morgan fingerprint density at radius 1 is 1.27 bits per heavy atom. The van der Waals surface area contributed by atoms with Gasteiger partial charge in [0.1, 0.15) is 5.75 Å². The van der Waals surface area contributed by atoms with E-state index in [0.29, 0.717) is 18.7 Å². The van der Waals surface area contributed by atoms with Gasteiger partial charge in [-0.05, 0) is 44.7 Å². The zero-order chi connectivity index (χ0) is 15.9. The summed E-state index contributed by atoms with van der Waals surface area (Å²) in [5.41, 5.74) is 1.14. The zero-order valence-electron chi connectivity index (χ0n) is 13.0. The van der Waals surface area contributed by atoms with E-state index < -0.39 is 5.97 Å². The van der Waals surface area contributed by atoms with Crippen molar-refractivity contribution in [2.24, 2.45) is 0 Å². The SMILES string of the molecule is Cc1ccc(OCC(=O)N2CCCC[C@H]2CCC(=O)O)cc1. The second kappa shape index (κ2) is 7.82. The molecule has 1 N–H and O–H groups in total. The third-order valence-corrected chi connectivity index (χ3v) is 4.02. The first-order chi connectivity index (χ1) is 10.6. The summed E-state index contributed by atoms with van der Waals surface area (Å²) >= 11 is 0. The number of likely N-dealkylation sites (tertiary alicyclic amines) is 1. The van der Waals surface area contributed by atoms with Crippen LogP contribution in [0.25, 0.3) is 0 Å². The standard InChI is InChI=1S/C17H23NO4/c1-13-5-8-15(9-6-13)22-12-16(19)18-11-3-2-4-14(18)7-10-17(20)21/h5-6,8-9,14H,2-4,7,10-12H2,1H3,(H,20,21)/t14-/m0/s1. The summed E-state index contributed by atoms with van der Waals surface area (Å²) in [6, 6.07) is 7.60. The van der Waals surface area contributed by atoms with Crippen molar-refractivity contribution in [2.45, 2.75) is 45.1 Å². The molecule has 5 nitrogen and oxygen atoms in total. The van der Waals surface area contributed by atoms with E-state index in [9.17, 15) is 9.59 Å². The molecule has 2 rings (SSSR count). The smallest absolute Gasteiger partial charge is 0.303 e. The van der Waals surface area contributed by atoms with E-state index in [2.05, 4.69) is 0 Å². The molecule has 0 bridgehead atoms. The molecule has 5 heteroatoms. The summed E-state index contributed by atoms with van der Waals surface area (Å²) in [4.78, 5) is 24.9. The van der Waals surface area contributed by atoms with Gasteiger partial charge in [-0.25, -0.2) is 0 Å². The summed E-state index contributed by atoms with van der Waals surface area (Å²) in [7, 11) is 0. The maximum absolute atomic E-state index is 12.3. The molecule has 0 aliphatic carbocycles. The Morgan fingerprint density at radius 2 is 2.00 bits per heavy atom. The molecule has 1 aliphatic rings. The Labute approximate surface area is 130 Å².